The number of amides is 2. The molecule has 0 aliphatic carbocycles. The van der Waals surface area contributed by atoms with E-state index < -0.39 is 29.3 Å². The number of nitro groups is 1. The first-order valence-electron chi connectivity index (χ1n) is 8.31. The van der Waals surface area contributed by atoms with E-state index in [-0.39, 0.29) is 12.2 Å². The maximum atomic E-state index is 12.0. The number of nitro benzene ring substituents is 1. The standard InChI is InChI=1S/C19H19N3O6/c1-12-3-4-14(9-13(12)2)19(25)20-10-18(24)28-11-17(23)21-15-5-7-16(8-6-15)22(26)27/h3-9H,10-11H2,1-2H3,(H,20,25)(H,21,23). The lowest BCUT2D eigenvalue weighted by molar-refractivity contribution is -0.384. The molecule has 2 rings (SSSR count). The van der Waals surface area contributed by atoms with Gasteiger partial charge in [-0.05, 0) is 49.2 Å². The Morgan fingerprint density at radius 3 is 2.32 bits per heavy atom. The Kier molecular flexibility index (Phi) is 6.80. The van der Waals surface area contributed by atoms with Gasteiger partial charge in [-0.15, -0.1) is 0 Å². The largest absolute Gasteiger partial charge is 0.454 e. The van der Waals surface area contributed by atoms with Gasteiger partial charge < -0.3 is 15.4 Å². The first-order chi connectivity index (χ1) is 13.3. The highest BCUT2D eigenvalue weighted by atomic mass is 16.6. The van der Waals surface area contributed by atoms with Gasteiger partial charge in [-0.3, -0.25) is 24.5 Å². The van der Waals surface area contributed by atoms with E-state index in [1.54, 1.807) is 12.1 Å². The van der Waals surface area contributed by atoms with Crippen LogP contribution in [0.25, 0.3) is 0 Å². The van der Waals surface area contributed by atoms with Gasteiger partial charge in [0.1, 0.15) is 6.54 Å². The van der Waals surface area contributed by atoms with Crippen LogP contribution in [-0.2, 0) is 14.3 Å². The topological polar surface area (TPSA) is 128 Å². The molecule has 146 valence electrons. The Bertz CT molecular complexity index is 908. The minimum atomic E-state index is -0.768. The molecule has 0 heterocycles. The van der Waals surface area contributed by atoms with Crippen LogP contribution >= 0.6 is 0 Å². The molecule has 0 aromatic heterocycles. The summed E-state index contributed by atoms with van der Waals surface area (Å²) in [4.78, 5) is 45.5. The van der Waals surface area contributed by atoms with Crippen LogP contribution in [0.3, 0.4) is 0 Å². The van der Waals surface area contributed by atoms with Crippen LogP contribution in [0.1, 0.15) is 21.5 Å². The second-order valence-electron chi connectivity index (χ2n) is 5.99. The molecule has 2 N–H and O–H groups in total. The molecule has 2 aromatic rings. The third-order valence-electron chi connectivity index (χ3n) is 3.89. The number of hydrogen-bond donors (Lipinski definition) is 2. The molecule has 0 saturated heterocycles. The number of non-ortho nitro benzene ring substituents is 1. The molecule has 0 unspecified atom stereocenters. The summed E-state index contributed by atoms with van der Waals surface area (Å²) in [6.45, 7) is 2.88. The summed E-state index contributed by atoms with van der Waals surface area (Å²) in [5.41, 5.74) is 2.65. The van der Waals surface area contributed by atoms with Crippen LogP contribution in [0.2, 0.25) is 0 Å². The first-order valence-corrected chi connectivity index (χ1v) is 8.31. The minimum Gasteiger partial charge on any atom is -0.454 e. The molecule has 0 bridgehead atoms. The number of hydrogen-bond acceptors (Lipinski definition) is 6. The number of aryl methyl sites for hydroxylation is 2. The van der Waals surface area contributed by atoms with Crippen molar-refractivity contribution < 1.29 is 24.0 Å². The highest BCUT2D eigenvalue weighted by Gasteiger charge is 2.12. The van der Waals surface area contributed by atoms with E-state index in [0.29, 0.717) is 11.3 Å². The summed E-state index contributed by atoms with van der Waals surface area (Å²) < 4.78 is 4.79. The zero-order chi connectivity index (χ0) is 20.7. The van der Waals surface area contributed by atoms with Gasteiger partial charge in [-0.25, -0.2) is 0 Å². The molecule has 0 aliphatic heterocycles. The number of esters is 1. The fraction of sp³-hybridized carbons (Fsp3) is 0.211. The van der Waals surface area contributed by atoms with E-state index in [2.05, 4.69) is 10.6 Å². The number of carbonyl (C=O) groups excluding carboxylic acids is 3. The van der Waals surface area contributed by atoms with Crippen LogP contribution in [0, 0.1) is 24.0 Å². The molecule has 2 amide bonds. The SMILES string of the molecule is Cc1ccc(C(=O)NCC(=O)OCC(=O)Nc2ccc([N+](=O)[O-])cc2)cc1C. The van der Waals surface area contributed by atoms with Crippen molar-refractivity contribution in [2.75, 3.05) is 18.5 Å². The lowest BCUT2D eigenvalue weighted by atomic mass is 10.1. The van der Waals surface area contributed by atoms with Crippen molar-refractivity contribution in [2.45, 2.75) is 13.8 Å². The normalized spacial score (nSPS) is 10.1. The van der Waals surface area contributed by atoms with Crippen LogP contribution in [0.15, 0.2) is 42.5 Å². The second kappa shape index (κ2) is 9.26. The van der Waals surface area contributed by atoms with Gasteiger partial charge in [-0.2, -0.15) is 0 Å². The molecule has 0 fully saturated rings. The van der Waals surface area contributed by atoms with Crippen molar-refractivity contribution in [1.82, 2.24) is 5.32 Å². The van der Waals surface area contributed by atoms with Crippen molar-refractivity contribution in [3.63, 3.8) is 0 Å². The van der Waals surface area contributed by atoms with Crippen LogP contribution in [0.5, 0.6) is 0 Å². The number of nitrogens with zero attached hydrogens (tertiary/aromatic N) is 1. The van der Waals surface area contributed by atoms with Gasteiger partial charge in [0.25, 0.3) is 17.5 Å². The van der Waals surface area contributed by atoms with E-state index in [1.165, 1.54) is 24.3 Å². The Morgan fingerprint density at radius 2 is 1.71 bits per heavy atom. The fourth-order valence-corrected chi connectivity index (χ4v) is 2.20. The molecule has 2 aromatic carbocycles. The second-order valence-corrected chi connectivity index (χ2v) is 5.99. The van der Waals surface area contributed by atoms with Crippen molar-refractivity contribution in [3.05, 3.63) is 69.3 Å². The molecule has 0 saturated carbocycles. The lowest BCUT2D eigenvalue weighted by Gasteiger charge is -2.08. The number of nitrogens with one attached hydrogen (secondary N) is 2. The minimum absolute atomic E-state index is 0.107. The van der Waals surface area contributed by atoms with E-state index >= 15 is 0 Å². The van der Waals surface area contributed by atoms with Gasteiger partial charge in [0, 0.05) is 23.4 Å². The van der Waals surface area contributed by atoms with Gasteiger partial charge in [0.05, 0.1) is 4.92 Å². The number of anilines is 1. The summed E-state index contributed by atoms with van der Waals surface area (Å²) in [5.74, 6) is -1.80. The number of ether oxygens (including phenoxy) is 1. The molecule has 0 aliphatic rings. The van der Waals surface area contributed by atoms with Crippen LogP contribution in [0.4, 0.5) is 11.4 Å². The molecule has 28 heavy (non-hydrogen) atoms. The molecule has 0 radical (unpaired) electrons. The summed E-state index contributed by atoms with van der Waals surface area (Å²) in [6.07, 6.45) is 0. The van der Waals surface area contributed by atoms with Gasteiger partial charge >= 0.3 is 5.97 Å². The molecule has 9 nitrogen and oxygen atoms in total. The third kappa shape index (κ3) is 5.90. The molecule has 9 heteroatoms. The van der Waals surface area contributed by atoms with Crippen LogP contribution in [-0.4, -0.2) is 35.9 Å². The Labute approximate surface area is 160 Å². The summed E-state index contributed by atoms with van der Waals surface area (Å²) in [7, 11) is 0. The predicted molar refractivity (Wildman–Crippen MR) is 101 cm³/mol. The highest BCUT2D eigenvalue weighted by molar-refractivity contribution is 5.96. The number of carbonyl (C=O) groups is 3. The van der Waals surface area contributed by atoms with Gasteiger partial charge in [0.2, 0.25) is 0 Å². The zero-order valence-corrected chi connectivity index (χ0v) is 15.4. The van der Waals surface area contributed by atoms with E-state index in [1.807, 2.05) is 19.9 Å². The summed E-state index contributed by atoms with van der Waals surface area (Å²) >= 11 is 0. The third-order valence-corrected chi connectivity index (χ3v) is 3.89. The number of benzene rings is 2. The smallest absolute Gasteiger partial charge is 0.325 e. The summed E-state index contributed by atoms with van der Waals surface area (Å²) in [6, 6.07) is 10.4. The molecular weight excluding hydrogens is 366 g/mol. The van der Waals surface area contributed by atoms with Crippen molar-refractivity contribution in [3.8, 4) is 0 Å². The van der Waals surface area contributed by atoms with E-state index in [0.717, 1.165) is 11.1 Å². The van der Waals surface area contributed by atoms with Crippen molar-refractivity contribution >= 4 is 29.2 Å². The van der Waals surface area contributed by atoms with E-state index in [9.17, 15) is 24.5 Å². The quantitative estimate of drug-likeness (QED) is 0.427. The molecule has 0 spiro atoms. The van der Waals surface area contributed by atoms with E-state index in [4.69, 9.17) is 4.74 Å². The van der Waals surface area contributed by atoms with Crippen LogP contribution < -0.4 is 10.6 Å². The van der Waals surface area contributed by atoms with Crippen molar-refractivity contribution in [1.29, 1.82) is 0 Å². The Morgan fingerprint density at radius 1 is 1.04 bits per heavy atom. The Hall–Kier alpha value is -3.75. The summed E-state index contributed by atoms with van der Waals surface area (Å²) in [5, 5.41) is 15.4. The predicted octanol–water partition coefficient (Wildman–Crippen LogP) is 2.12. The maximum absolute atomic E-state index is 12.0. The monoisotopic (exact) mass is 385 g/mol. The number of rotatable bonds is 7. The zero-order valence-electron chi connectivity index (χ0n) is 15.4. The average molecular weight is 385 g/mol. The van der Waals surface area contributed by atoms with Gasteiger partial charge in [-0.1, -0.05) is 6.07 Å². The highest BCUT2D eigenvalue weighted by Crippen LogP contribution is 2.15. The van der Waals surface area contributed by atoms with Gasteiger partial charge in [0.15, 0.2) is 6.61 Å². The van der Waals surface area contributed by atoms with Crippen molar-refractivity contribution in [2.24, 2.45) is 0 Å². The first kappa shape index (κ1) is 20.6. The average Bonchev–Trinajstić information content (AvgIpc) is 2.67. The molecule has 0 atom stereocenters. The fourth-order valence-electron chi connectivity index (χ4n) is 2.20. The maximum Gasteiger partial charge on any atom is 0.325 e. The molecular formula is C19H19N3O6. The Balaban J connectivity index is 1.75. The lowest BCUT2D eigenvalue weighted by Crippen LogP contribution is -2.32.